The number of nitrogens with one attached hydrogen (secondary N) is 1. The van der Waals surface area contributed by atoms with Crippen LogP contribution in [0.2, 0.25) is 0 Å². The summed E-state index contributed by atoms with van der Waals surface area (Å²) in [5.41, 5.74) is 1.12. The van der Waals surface area contributed by atoms with Gasteiger partial charge in [0, 0.05) is 36.7 Å². The van der Waals surface area contributed by atoms with Crippen LogP contribution in [-0.2, 0) is 4.79 Å². The fourth-order valence-corrected chi connectivity index (χ4v) is 5.07. The molecule has 3 heterocycles. The fraction of sp³-hybridized carbons (Fsp3) is 0.423. The average Bonchev–Trinajstić information content (AvgIpc) is 3.69. The fourth-order valence-electron chi connectivity index (χ4n) is 5.07. The molecule has 10 heteroatoms. The van der Waals surface area contributed by atoms with Crippen LogP contribution in [0.4, 0.5) is 0 Å². The molecule has 10 nitrogen and oxygen atoms in total. The molecule has 1 aliphatic carbocycles. The molecule has 2 aliphatic rings. The number of methoxy groups -OCH3 is 2. The minimum absolute atomic E-state index is 0.126. The molecule has 1 saturated carbocycles. The highest BCUT2D eigenvalue weighted by molar-refractivity contribution is 5.96. The van der Waals surface area contributed by atoms with E-state index in [2.05, 4.69) is 20.4 Å². The highest BCUT2D eigenvalue weighted by Gasteiger charge is 2.44. The van der Waals surface area contributed by atoms with E-state index in [4.69, 9.17) is 14.0 Å². The number of aromatic nitrogens is 3. The van der Waals surface area contributed by atoms with E-state index in [0.29, 0.717) is 30.4 Å². The monoisotopic (exact) mass is 491 g/mol. The van der Waals surface area contributed by atoms with Crippen molar-refractivity contribution in [2.24, 2.45) is 5.92 Å². The molecule has 36 heavy (non-hydrogen) atoms. The lowest BCUT2D eigenvalue weighted by Gasteiger charge is -2.20. The van der Waals surface area contributed by atoms with E-state index in [1.165, 1.54) is 14.2 Å². The molecule has 2 amide bonds. The van der Waals surface area contributed by atoms with Crippen molar-refractivity contribution in [2.45, 2.75) is 37.6 Å². The van der Waals surface area contributed by atoms with Crippen LogP contribution in [-0.4, -0.2) is 65.2 Å². The first-order valence-corrected chi connectivity index (χ1v) is 12.1. The molecular weight excluding hydrogens is 462 g/mol. The molecule has 1 aliphatic heterocycles. The van der Waals surface area contributed by atoms with Gasteiger partial charge >= 0.3 is 0 Å². The molecule has 3 atom stereocenters. The molecule has 188 valence electrons. The van der Waals surface area contributed by atoms with Crippen molar-refractivity contribution in [3.63, 3.8) is 0 Å². The van der Waals surface area contributed by atoms with Gasteiger partial charge in [0.1, 0.15) is 5.56 Å². The minimum Gasteiger partial charge on any atom is -0.481 e. The van der Waals surface area contributed by atoms with E-state index < -0.39 is 0 Å². The zero-order valence-corrected chi connectivity index (χ0v) is 20.3. The highest BCUT2D eigenvalue weighted by Crippen LogP contribution is 2.40. The van der Waals surface area contributed by atoms with E-state index >= 15 is 0 Å². The maximum atomic E-state index is 13.3. The van der Waals surface area contributed by atoms with Crippen LogP contribution in [0.15, 0.2) is 47.0 Å². The Balaban J connectivity index is 1.40. The van der Waals surface area contributed by atoms with Crippen LogP contribution < -0.4 is 14.8 Å². The average molecular weight is 492 g/mol. The molecule has 0 unspecified atom stereocenters. The first-order valence-electron chi connectivity index (χ1n) is 12.1. The van der Waals surface area contributed by atoms with Crippen LogP contribution in [0.3, 0.4) is 0 Å². The van der Waals surface area contributed by atoms with E-state index in [1.807, 2.05) is 35.2 Å². The highest BCUT2D eigenvalue weighted by atomic mass is 16.5. The molecule has 0 radical (unpaired) electrons. The van der Waals surface area contributed by atoms with Gasteiger partial charge in [-0.15, -0.1) is 0 Å². The predicted octanol–water partition coefficient (Wildman–Crippen LogP) is 3.06. The smallest absolute Gasteiger partial charge is 0.257 e. The number of likely N-dealkylation sites (tertiary alicyclic amines) is 1. The van der Waals surface area contributed by atoms with E-state index in [9.17, 15) is 9.59 Å². The van der Waals surface area contributed by atoms with Crippen molar-refractivity contribution in [2.75, 3.05) is 27.3 Å². The molecular formula is C26H29N5O5. The Labute approximate surface area is 209 Å². The lowest BCUT2D eigenvalue weighted by molar-refractivity contribution is -0.134. The van der Waals surface area contributed by atoms with Gasteiger partial charge in [0.2, 0.25) is 29.4 Å². The second-order valence-electron chi connectivity index (χ2n) is 9.12. The van der Waals surface area contributed by atoms with Gasteiger partial charge in [-0.1, -0.05) is 35.5 Å². The third-order valence-electron chi connectivity index (χ3n) is 6.92. The molecule has 2 aromatic heterocycles. The third-order valence-corrected chi connectivity index (χ3v) is 6.92. The SMILES string of the molecule is COc1ccc(C(=O)N[C@H]2C[C@H](C(=O)N3CCCC3)C[C@H]2c2nc(-c3ccccc3)no2)c(OC)n1. The van der Waals surface area contributed by atoms with Crippen molar-refractivity contribution >= 4 is 11.8 Å². The second kappa shape index (κ2) is 10.3. The van der Waals surface area contributed by atoms with Crippen LogP contribution in [0, 0.1) is 5.92 Å². The van der Waals surface area contributed by atoms with Crippen molar-refractivity contribution in [3.05, 3.63) is 53.9 Å². The Hall–Kier alpha value is -3.95. The molecule has 1 saturated heterocycles. The first kappa shape index (κ1) is 23.8. The van der Waals surface area contributed by atoms with Gasteiger partial charge in [-0.2, -0.15) is 9.97 Å². The van der Waals surface area contributed by atoms with E-state index in [0.717, 1.165) is 31.5 Å². The number of amides is 2. The molecule has 0 spiro atoms. The summed E-state index contributed by atoms with van der Waals surface area (Å²) in [7, 11) is 2.95. The van der Waals surface area contributed by atoms with Crippen LogP contribution in [0.25, 0.3) is 11.4 Å². The summed E-state index contributed by atoms with van der Waals surface area (Å²) in [5.74, 6) is 0.638. The normalized spacial score (nSPS) is 21.4. The van der Waals surface area contributed by atoms with E-state index in [-0.39, 0.29) is 41.1 Å². The predicted molar refractivity (Wildman–Crippen MR) is 130 cm³/mol. The Bertz CT molecular complexity index is 1220. The number of ether oxygens (including phenoxy) is 2. The van der Waals surface area contributed by atoms with Crippen molar-refractivity contribution in [3.8, 4) is 23.1 Å². The van der Waals surface area contributed by atoms with Crippen LogP contribution >= 0.6 is 0 Å². The van der Waals surface area contributed by atoms with Crippen LogP contribution in [0.1, 0.15) is 47.8 Å². The maximum absolute atomic E-state index is 13.3. The van der Waals surface area contributed by atoms with Gasteiger partial charge in [-0.25, -0.2) is 0 Å². The number of hydrogen-bond acceptors (Lipinski definition) is 8. The Kier molecular flexibility index (Phi) is 6.84. The summed E-state index contributed by atoms with van der Waals surface area (Å²) >= 11 is 0. The molecule has 1 N–H and O–H groups in total. The van der Waals surface area contributed by atoms with Gasteiger partial charge in [0.25, 0.3) is 5.91 Å². The lowest BCUT2D eigenvalue weighted by atomic mass is 10.0. The Morgan fingerprint density at radius 3 is 2.50 bits per heavy atom. The zero-order valence-electron chi connectivity index (χ0n) is 20.3. The summed E-state index contributed by atoms with van der Waals surface area (Å²) in [4.78, 5) is 37.3. The standard InChI is InChI=1S/C26H29N5O5/c1-34-21-11-10-18(24(28-21)35-2)23(32)27-20-15-17(26(33)31-12-6-7-13-31)14-19(20)25-29-22(30-36-25)16-8-4-3-5-9-16/h3-5,8-11,17,19-20H,6-7,12-15H2,1-2H3,(H,27,32)/t17-,19-,20+/m1/s1. The molecule has 2 fully saturated rings. The summed E-state index contributed by atoms with van der Waals surface area (Å²) in [6.07, 6.45) is 3.06. The lowest BCUT2D eigenvalue weighted by Crippen LogP contribution is -2.38. The summed E-state index contributed by atoms with van der Waals surface area (Å²) in [5, 5.41) is 7.24. The number of pyridine rings is 1. The number of carbonyl (C=O) groups excluding carboxylic acids is 2. The van der Waals surface area contributed by atoms with Gasteiger partial charge in [-0.05, 0) is 31.7 Å². The van der Waals surface area contributed by atoms with Gasteiger partial charge in [0.05, 0.1) is 20.1 Å². The third kappa shape index (κ3) is 4.75. The molecule has 0 bridgehead atoms. The van der Waals surface area contributed by atoms with E-state index in [1.54, 1.807) is 12.1 Å². The number of carbonyl (C=O) groups is 2. The number of benzene rings is 1. The quantitative estimate of drug-likeness (QED) is 0.536. The van der Waals surface area contributed by atoms with Gasteiger partial charge in [-0.3, -0.25) is 9.59 Å². The summed E-state index contributed by atoms with van der Waals surface area (Å²) < 4.78 is 16.1. The van der Waals surface area contributed by atoms with Crippen LogP contribution in [0.5, 0.6) is 11.8 Å². The van der Waals surface area contributed by atoms with Crippen molar-refractivity contribution < 1.29 is 23.6 Å². The summed E-state index contributed by atoms with van der Waals surface area (Å²) in [6, 6.07) is 12.4. The van der Waals surface area contributed by atoms with Crippen molar-refractivity contribution in [1.29, 1.82) is 0 Å². The maximum Gasteiger partial charge on any atom is 0.257 e. The topological polar surface area (TPSA) is 120 Å². The largest absolute Gasteiger partial charge is 0.481 e. The number of rotatable bonds is 7. The van der Waals surface area contributed by atoms with Crippen molar-refractivity contribution in [1.82, 2.24) is 25.3 Å². The zero-order chi connectivity index (χ0) is 25.1. The Morgan fingerprint density at radius 1 is 1.00 bits per heavy atom. The summed E-state index contributed by atoms with van der Waals surface area (Å²) in [6.45, 7) is 1.56. The van der Waals surface area contributed by atoms with Gasteiger partial charge < -0.3 is 24.2 Å². The first-order chi connectivity index (χ1) is 17.6. The molecule has 3 aromatic rings. The Morgan fingerprint density at radius 2 is 1.78 bits per heavy atom. The molecule has 5 rings (SSSR count). The number of nitrogens with zero attached hydrogens (tertiary/aromatic N) is 4. The molecule has 1 aromatic carbocycles. The van der Waals surface area contributed by atoms with Gasteiger partial charge in [0.15, 0.2) is 0 Å². The number of hydrogen-bond donors (Lipinski definition) is 1. The minimum atomic E-state index is -0.370. The second-order valence-corrected chi connectivity index (χ2v) is 9.12.